The largest absolute Gasteiger partial charge is 0.468 e. The Hall–Kier alpha value is -2.58. The van der Waals surface area contributed by atoms with Gasteiger partial charge in [0.2, 0.25) is 0 Å². The number of benzene rings is 1. The van der Waals surface area contributed by atoms with Gasteiger partial charge in [0.25, 0.3) is 5.91 Å². The molecule has 0 bridgehead atoms. The fourth-order valence-electron chi connectivity index (χ4n) is 4.82. The van der Waals surface area contributed by atoms with Crippen molar-refractivity contribution in [2.45, 2.75) is 31.8 Å². The number of hydrogen-bond donors (Lipinski definition) is 0. The Morgan fingerprint density at radius 1 is 1.30 bits per heavy atom. The Balaban J connectivity index is 1.47. The van der Waals surface area contributed by atoms with Crippen LogP contribution in [0.3, 0.4) is 0 Å². The van der Waals surface area contributed by atoms with Crippen LogP contribution in [0.1, 0.15) is 40.9 Å². The summed E-state index contributed by atoms with van der Waals surface area (Å²) in [7, 11) is 2.16. The fourth-order valence-corrected chi connectivity index (χ4v) is 4.82. The zero-order valence-electron chi connectivity index (χ0n) is 15.7. The highest BCUT2D eigenvalue weighted by atomic mass is 16.3. The second kappa shape index (κ2) is 7.58. The van der Waals surface area contributed by atoms with Crippen molar-refractivity contribution in [3.8, 4) is 6.07 Å². The first-order chi connectivity index (χ1) is 13.2. The summed E-state index contributed by atoms with van der Waals surface area (Å²) < 4.78 is 5.51. The average molecular weight is 363 g/mol. The molecule has 2 fully saturated rings. The van der Waals surface area contributed by atoms with Crippen LogP contribution >= 0.6 is 0 Å². The number of amides is 1. The highest BCUT2D eigenvalue weighted by Gasteiger charge is 2.43. The maximum atomic E-state index is 13.0. The van der Waals surface area contributed by atoms with E-state index in [1.165, 1.54) is 19.3 Å². The summed E-state index contributed by atoms with van der Waals surface area (Å²) >= 11 is 0. The van der Waals surface area contributed by atoms with Crippen molar-refractivity contribution >= 4 is 5.91 Å². The van der Waals surface area contributed by atoms with Crippen molar-refractivity contribution in [1.29, 1.82) is 5.26 Å². The number of carbonyl (C=O) groups excluding carboxylic acids is 1. The normalized spacial score (nSPS) is 24.6. The zero-order chi connectivity index (χ0) is 18.8. The van der Waals surface area contributed by atoms with Gasteiger partial charge in [-0.15, -0.1) is 0 Å². The van der Waals surface area contributed by atoms with E-state index >= 15 is 0 Å². The highest BCUT2D eigenvalue weighted by Crippen LogP contribution is 2.39. The molecule has 1 aliphatic carbocycles. The summed E-state index contributed by atoms with van der Waals surface area (Å²) in [6.07, 6.45) is 5.29. The molecule has 0 spiro atoms. The molecular formula is C22H25N3O2. The number of nitrogens with zero attached hydrogens (tertiary/aromatic N) is 3. The monoisotopic (exact) mass is 363 g/mol. The summed E-state index contributed by atoms with van der Waals surface area (Å²) in [4.78, 5) is 17.4. The number of carbonyl (C=O) groups is 1. The third-order valence-electron chi connectivity index (χ3n) is 6.14. The minimum Gasteiger partial charge on any atom is -0.468 e. The van der Waals surface area contributed by atoms with Gasteiger partial charge in [-0.1, -0.05) is 12.5 Å². The summed E-state index contributed by atoms with van der Waals surface area (Å²) in [5.41, 5.74) is 1.15. The summed E-state index contributed by atoms with van der Waals surface area (Å²) in [6, 6.07) is 13.6. The molecule has 27 heavy (non-hydrogen) atoms. The van der Waals surface area contributed by atoms with Crippen LogP contribution in [-0.2, 0) is 6.54 Å². The van der Waals surface area contributed by atoms with E-state index in [0.29, 0.717) is 29.0 Å². The van der Waals surface area contributed by atoms with Gasteiger partial charge < -0.3 is 9.32 Å². The summed E-state index contributed by atoms with van der Waals surface area (Å²) in [6.45, 7) is 2.43. The van der Waals surface area contributed by atoms with Crippen molar-refractivity contribution < 1.29 is 9.21 Å². The van der Waals surface area contributed by atoms with Crippen molar-refractivity contribution in [2.75, 3.05) is 20.1 Å². The molecule has 2 aliphatic rings. The lowest BCUT2D eigenvalue weighted by atomic mass is 9.77. The lowest BCUT2D eigenvalue weighted by Crippen LogP contribution is -2.43. The maximum absolute atomic E-state index is 13.0. The molecule has 1 amide bonds. The predicted octanol–water partition coefficient (Wildman–Crippen LogP) is 3.52. The molecule has 0 radical (unpaired) electrons. The van der Waals surface area contributed by atoms with Crippen LogP contribution in [0.15, 0.2) is 47.1 Å². The minimum absolute atomic E-state index is 0.0499. The van der Waals surface area contributed by atoms with Gasteiger partial charge in [0.05, 0.1) is 24.4 Å². The molecule has 1 aromatic heterocycles. The Labute approximate surface area is 160 Å². The zero-order valence-corrected chi connectivity index (χ0v) is 15.7. The van der Waals surface area contributed by atoms with Gasteiger partial charge >= 0.3 is 0 Å². The lowest BCUT2D eigenvalue weighted by Gasteiger charge is -2.38. The highest BCUT2D eigenvalue weighted by molar-refractivity contribution is 5.94. The topological polar surface area (TPSA) is 60.5 Å². The van der Waals surface area contributed by atoms with Crippen LogP contribution in [0.2, 0.25) is 0 Å². The molecular weight excluding hydrogens is 338 g/mol. The first-order valence-corrected chi connectivity index (χ1v) is 9.68. The SMILES string of the molecule is CN(Cc1ccco1)[C@@H]1CCC[C@H]2CN(C(=O)c3cccc(C#N)c3)C[C@@H]21. The molecule has 5 heteroatoms. The van der Waals surface area contributed by atoms with Gasteiger partial charge in [-0.3, -0.25) is 9.69 Å². The van der Waals surface area contributed by atoms with Crippen LogP contribution in [0.5, 0.6) is 0 Å². The third kappa shape index (κ3) is 3.63. The van der Waals surface area contributed by atoms with E-state index in [1.807, 2.05) is 23.1 Å². The Morgan fingerprint density at radius 3 is 2.96 bits per heavy atom. The standard InChI is InChI=1S/C22H25N3O2/c1-24(14-19-8-4-10-27-19)21-9-3-7-18-13-25(15-20(18)21)22(26)17-6-2-5-16(11-17)12-23/h2,4-6,8,10-11,18,20-21H,3,7,9,13-15H2,1H3/t18-,20-,21+/m0/s1. The fraction of sp³-hybridized carbons (Fsp3) is 0.455. The smallest absolute Gasteiger partial charge is 0.253 e. The van der Waals surface area contributed by atoms with Crippen LogP contribution in [0, 0.1) is 23.2 Å². The summed E-state index contributed by atoms with van der Waals surface area (Å²) in [5, 5.41) is 9.09. The van der Waals surface area contributed by atoms with Gasteiger partial charge in [-0.05, 0) is 62.1 Å². The second-order valence-corrected chi connectivity index (χ2v) is 7.82. The molecule has 0 N–H and O–H groups in total. The molecule has 2 aromatic rings. The van der Waals surface area contributed by atoms with E-state index in [1.54, 1.807) is 24.5 Å². The number of hydrogen-bond acceptors (Lipinski definition) is 4. The maximum Gasteiger partial charge on any atom is 0.253 e. The van der Waals surface area contributed by atoms with E-state index in [2.05, 4.69) is 18.0 Å². The Kier molecular flexibility index (Phi) is 5.00. The molecule has 5 nitrogen and oxygen atoms in total. The van der Waals surface area contributed by atoms with Gasteiger partial charge in [0, 0.05) is 24.7 Å². The summed E-state index contributed by atoms with van der Waals surface area (Å²) in [5.74, 6) is 2.10. The van der Waals surface area contributed by atoms with E-state index < -0.39 is 0 Å². The molecule has 1 saturated carbocycles. The molecule has 1 aliphatic heterocycles. The van der Waals surface area contributed by atoms with Crippen molar-refractivity contribution in [3.63, 3.8) is 0 Å². The van der Waals surface area contributed by atoms with Crippen LogP contribution in [-0.4, -0.2) is 41.9 Å². The van der Waals surface area contributed by atoms with Gasteiger partial charge in [0.15, 0.2) is 0 Å². The quantitative estimate of drug-likeness (QED) is 0.834. The average Bonchev–Trinajstić information content (AvgIpc) is 3.36. The number of likely N-dealkylation sites (tertiary alicyclic amines) is 1. The molecule has 1 aromatic carbocycles. The Morgan fingerprint density at radius 2 is 2.19 bits per heavy atom. The minimum atomic E-state index is 0.0499. The number of rotatable bonds is 4. The van der Waals surface area contributed by atoms with E-state index in [4.69, 9.17) is 9.68 Å². The molecule has 0 unspecified atom stereocenters. The molecule has 140 valence electrons. The van der Waals surface area contributed by atoms with Crippen molar-refractivity contribution in [2.24, 2.45) is 11.8 Å². The second-order valence-electron chi connectivity index (χ2n) is 7.82. The molecule has 1 saturated heterocycles. The van der Waals surface area contributed by atoms with Gasteiger partial charge in [-0.25, -0.2) is 0 Å². The van der Waals surface area contributed by atoms with Gasteiger partial charge in [0.1, 0.15) is 5.76 Å². The number of fused-ring (bicyclic) bond motifs is 1. The van der Waals surface area contributed by atoms with Gasteiger partial charge in [-0.2, -0.15) is 5.26 Å². The van der Waals surface area contributed by atoms with E-state index in [-0.39, 0.29) is 5.91 Å². The first-order valence-electron chi connectivity index (χ1n) is 9.68. The van der Waals surface area contributed by atoms with E-state index in [0.717, 1.165) is 25.4 Å². The predicted molar refractivity (Wildman–Crippen MR) is 102 cm³/mol. The number of nitriles is 1. The third-order valence-corrected chi connectivity index (χ3v) is 6.14. The lowest BCUT2D eigenvalue weighted by molar-refractivity contribution is 0.0767. The number of furan rings is 1. The van der Waals surface area contributed by atoms with E-state index in [9.17, 15) is 4.79 Å². The van der Waals surface area contributed by atoms with Crippen molar-refractivity contribution in [1.82, 2.24) is 9.80 Å². The molecule has 4 rings (SSSR count). The first kappa shape index (κ1) is 17.8. The molecule has 2 heterocycles. The van der Waals surface area contributed by atoms with Crippen LogP contribution in [0.4, 0.5) is 0 Å². The van der Waals surface area contributed by atoms with Crippen molar-refractivity contribution in [3.05, 3.63) is 59.5 Å². The Bertz CT molecular complexity index is 839. The molecule has 3 atom stereocenters. The van der Waals surface area contributed by atoms with Crippen LogP contribution < -0.4 is 0 Å². The van der Waals surface area contributed by atoms with Crippen LogP contribution in [0.25, 0.3) is 0 Å².